The zero-order chi connectivity index (χ0) is 12.8. The van der Waals surface area contributed by atoms with Gasteiger partial charge in [0.15, 0.2) is 5.78 Å². The van der Waals surface area contributed by atoms with Gasteiger partial charge in [0.25, 0.3) is 0 Å². The van der Waals surface area contributed by atoms with Gasteiger partial charge in [0.05, 0.1) is 7.11 Å². The van der Waals surface area contributed by atoms with Crippen LogP contribution in [0.4, 0.5) is 0 Å². The molecule has 1 aliphatic rings. The Morgan fingerprint density at radius 3 is 2.56 bits per heavy atom. The van der Waals surface area contributed by atoms with Crippen molar-refractivity contribution in [2.24, 2.45) is 5.92 Å². The van der Waals surface area contributed by atoms with Gasteiger partial charge in [0.1, 0.15) is 12.4 Å². The van der Waals surface area contributed by atoms with Gasteiger partial charge in [-0.3, -0.25) is 4.79 Å². The smallest absolute Gasteiger partial charge is 0.188 e. The molecule has 0 aromatic heterocycles. The lowest BCUT2D eigenvalue weighted by Crippen LogP contribution is -2.16. The number of hydrogen-bond donors (Lipinski definition) is 0. The molecule has 98 valence electrons. The molecule has 0 amide bonds. The van der Waals surface area contributed by atoms with Crippen molar-refractivity contribution < 1.29 is 14.3 Å². The zero-order valence-corrected chi connectivity index (χ0v) is 10.9. The summed E-state index contributed by atoms with van der Waals surface area (Å²) in [6.45, 7) is 0.881. The molecular formula is C15H20O3. The number of carbonyl (C=O) groups excluding carboxylic acids is 1. The highest BCUT2D eigenvalue weighted by atomic mass is 16.5. The number of ketones is 1. The summed E-state index contributed by atoms with van der Waals surface area (Å²) in [5.74, 6) is 1.63. The normalized spacial score (nSPS) is 15.2. The molecule has 0 spiro atoms. The number of methoxy groups -OCH3 is 1. The highest BCUT2D eigenvalue weighted by Crippen LogP contribution is 2.29. The van der Waals surface area contributed by atoms with Crippen molar-refractivity contribution in [1.29, 1.82) is 0 Å². The van der Waals surface area contributed by atoms with Gasteiger partial charge in [0.2, 0.25) is 0 Å². The van der Waals surface area contributed by atoms with Crippen molar-refractivity contribution in [2.75, 3.05) is 20.3 Å². The molecule has 0 N–H and O–H groups in total. The van der Waals surface area contributed by atoms with Gasteiger partial charge in [-0.1, -0.05) is 19.3 Å². The van der Waals surface area contributed by atoms with E-state index in [2.05, 4.69) is 0 Å². The van der Waals surface area contributed by atoms with Crippen molar-refractivity contribution in [1.82, 2.24) is 0 Å². The first-order valence-corrected chi connectivity index (χ1v) is 6.54. The molecule has 1 fully saturated rings. The van der Waals surface area contributed by atoms with Gasteiger partial charge >= 0.3 is 0 Å². The van der Waals surface area contributed by atoms with E-state index in [-0.39, 0.29) is 12.4 Å². The summed E-state index contributed by atoms with van der Waals surface area (Å²) in [5, 5.41) is 0. The number of Topliss-reactive ketones (excluding diaryl/α,β-unsaturated/α-hetero) is 1. The van der Waals surface area contributed by atoms with Crippen LogP contribution in [0, 0.1) is 5.92 Å². The SMILES string of the molecule is COc1ccc(C(=O)COCCC2CCC2)cc1. The van der Waals surface area contributed by atoms with Crippen LogP contribution in [0.2, 0.25) is 0 Å². The minimum absolute atomic E-state index is 0.0336. The Morgan fingerprint density at radius 2 is 2.00 bits per heavy atom. The van der Waals surface area contributed by atoms with Gasteiger partial charge in [-0.05, 0) is 36.6 Å². The van der Waals surface area contributed by atoms with Crippen molar-refractivity contribution in [3.8, 4) is 5.75 Å². The number of rotatable bonds is 7. The standard InChI is InChI=1S/C15H20O3/c1-17-14-7-5-13(6-8-14)15(16)11-18-10-9-12-3-2-4-12/h5-8,12H,2-4,9-11H2,1H3. The lowest BCUT2D eigenvalue weighted by atomic mass is 9.83. The van der Waals surface area contributed by atoms with Gasteiger partial charge in [-0.25, -0.2) is 0 Å². The maximum absolute atomic E-state index is 11.8. The van der Waals surface area contributed by atoms with Crippen LogP contribution in [0.15, 0.2) is 24.3 Å². The summed E-state index contributed by atoms with van der Waals surface area (Å²) in [7, 11) is 1.61. The third-order valence-electron chi connectivity index (χ3n) is 3.54. The highest BCUT2D eigenvalue weighted by Gasteiger charge is 2.16. The molecule has 2 rings (SSSR count). The monoisotopic (exact) mass is 248 g/mol. The fraction of sp³-hybridized carbons (Fsp3) is 0.533. The molecule has 1 aliphatic carbocycles. The molecule has 1 aromatic carbocycles. The van der Waals surface area contributed by atoms with Crippen molar-refractivity contribution in [3.05, 3.63) is 29.8 Å². The second-order valence-corrected chi connectivity index (χ2v) is 4.79. The third-order valence-corrected chi connectivity index (χ3v) is 3.54. The molecule has 1 aromatic rings. The topological polar surface area (TPSA) is 35.5 Å². The number of carbonyl (C=O) groups is 1. The van der Waals surface area contributed by atoms with Crippen LogP contribution in [0.1, 0.15) is 36.0 Å². The largest absolute Gasteiger partial charge is 0.497 e. The van der Waals surface area contributed by atoms with E-state index in [1.165, 1.54) is 19.3 Å². The van der Waals surface area contributed by atoms with Crippen molar-refractivity contribution in [3.63, 3.8) is 0 Å². The van der Waals surface area contributed by atoms with Gasteiger partial charge < -0.3 is 9.47 Å². The second kappa shape index (κ2) is 6.55. The molecule has 0 bridgehead atoms. The van der Waals surface area contributed by atoms with Crippen molar-refractivity contribution in [2.45, 2.75) is 25.7 Å². The van der Waals surface area contributed by atoms with Crippen LogP contribution in [-0.4, -0.2) is 26.1 Å². The van der Waals surface area contributed by atoms with E-state index in [0.717, 1.165) is 18.1 Å². The minimum atomic E-state index is 0.0336. The Labute approximate surface area is 108 Å². The minimum Gasteiger partial charge on any atom is -0.497 e. The first-order valence-electron chi connectivity index (χ1n) is 6.54. The molecular weight excluding hydrogens is 228 g/mol. The van der Waals surface area contributed by atoms with Crippen molar-refractivity contribution >= 4 is 5.78 Å². The van der Waals surface area contributed by atoms with Crippen LogP contribution >= 0.6 is 0 Å². The van der Waals surface area contributed by atoms with Crippen LogP contribution < -0.4 is 4.74 Å². The lowest BCUT2D eigenvalue weighted by Gasteiger charge is -2.24. The molecule has 18 heavy (non-hydrogen) atoms. The molecule has 0 aliphatic heterocycles. The summed E-state index contributed by atoms with van der Waals surface area (Å²) in [6, 6.07) is 7.14. The Kier molecular flexibility index (Phi) is 4.76. The Bertz CT molecular complexity index is 379. The van der Waals surface area contributed by atoms with Crippen LogP contribution in [0.25, 0.3) is 0 Å². The van der Waals surface area contributed by atoms with E-state index >= 15 is 0 Å². The van der Waals surface area contributed by atoms with Crippen LogP contribution in [-0.2, 0) is 4.74 Å². The maximum Gasteiger partial charge on any atom is 0.188 e. The summed E-state index contributed by atoms with van der Waals surface area (Å²) >= 11 is 0. The second-order valence-electron chi connectivity index (χ2n) is 4.79. The van der Waals surface area contributed by atoms with E-state index in [4.69, 9.17) is 9.47 Å². The summed E-state index contributed by atoms with van der Waals surface area (Å²) in [5.41, 5.74) is 0.680. The van der Waals surface area contributed by atoms with Crippen LogP contribution in [0.5, 0.6) is 5.75 Å². The highest BCUT2D eigenvalue weighted by molar-refractivity contribution is 5.97. The summed E-state index contributed by atoms with van der Waals surface area (Å²) in [6.07, 6.45) is 5.11. The fourth-order valence-corrected chi connectivity index (χ4v) is 2.06. The molecule has 3 heteroatoms. The Balaban J connectivity index is 1.69. The van der Waals surface area contributed by atoms with Crippen LogP contribution in [0.3, 0.4) is 0 Å². The summed E-state index contributed by atoms with van der Waals surface area (Å²) in [4.78, 5) is 11.8. The molecule has 0 radical (unpaired) electrons. The number of ether oxygens (including phenoxy) is 2. The Hall–Kier alpha value is -1.35. The molecule has 3 nitrogen and oxygen atoms in total. The first kappa shape index (κ1) is 13.1. The number of hydrogen-bond acceptors (Lipinski definition) is 3. The third kappa shape index (κ3) is 3.57. The molecule has 0 saturated heterocycles. The predicted molar refractivity (Wildman–Crippen MR) is 70.1 cm³/mol. The Morgan fingerprint density at radius 1 is 1.28 bits per heavy atom. The van der Waals surface area contributed by atoms with Gasteiger partial charge in [0, 0.05) is 12.2 Å². The average molecular weight is 248 g/mol. The molecule has 0 heterocycles. The molecule has 0 unspecified atom stereocenters. The first-order chi connectivity index (χ1) is 8.79. The van der Waals surface area contributed by atoms with Gasteiger partial charge in [-0.15, -0.1) is 0 Å². The predicted octanol–water partition coefficient (Wildman–Crippen LogP) is 3.08. The van der Waals surface area contributed by atoms with E-state index in [0.29, 0.717) is 12.2 Å². The fourth-order valence-electron chi connectivity index (χ4n) is 2.06. The molecule has 0 atom stereocenters. The molecule has 1 saturated carbocycles. The quantitative estimate of drug-likeness (QED) is 0.549. The summed E-state index contributed by atoms with van der Waals surface area (Å²) < 4.78 is 10.5. The lowest BCUT2D eigenvalue weighted by molar-refractivity contribution is 0.0705. The zero-order valence-electron chi connectivity index (χ0n) is 10.9. The van der Waals surface area contributed by atoms with E-state index in [1.807, 2.05) is 0 Å². The van der Waals surface area contributed by atoms with Gasteiger partial charge in [-0.2, -0.15) is 0 Å². The van der Waals surface area contributed by atoms with E-state index < -0.39 is 0 Å². The average Bonchev–Trinajstić information content (AvgIpc) is 2.36. The number of benzene rings is 1. The maximum atomic E-state index is 11.8. The van der Waals surface area contributed by atoms with E-state index in [1.54, 1.807) is 31.4 Å². The van der Waals surface area contributed by atoms with E-state index in [9.17, 15) is 4.79 Å².